The molecule has 1 heterocycles. The van der Waals surface area contributed by atoms with E-state index < -0.39 is 5.60 Å². The number of hydrogen-bond acceptors (Lipinski definition) is 3. The third-order valence-electron chi connectivity index (χ3n) is 5.18. The summed E-state index contributed by atoms with van der Waals surface area (Å²) in [5.41, 5.74) is 1.19. The molecule has 24 heavy (non-hydrogen) atoms. The Balaban J connectivity index is 1.66. The Morgan fingerprint density at radius 1 is 1.08 bits per heavy atom. The highest BCUT2D eigenvalue weighted by atomic mass is 16.6. The summed E-state index contributed by atoms with van der Waals surface area (Å²) in [6, 6.07) is 0. The molecule has 0 aromatic heterocycles. The van der Waals surface area contributed by atoms with E-state index in [9.17, 15) is 4.79 Å². The summed E-state index contributed by atoms with van der Waals surface area (Å²) < 4.78 is 5.45. The van der Waals surface area contributed by atoms with Crippen molar-refractivity contribution in [2.24, 2.45) is 5.92 Å². The zero-order chi connectivity index (χ0) is 17.6. The van der Waals surface area contributed by atoms with Crippen molar-refractivity contribution in [2.45, 2.75) is 71.8 Å². The first-order valence-corrected chi connectivity index (χ1v) is 9.72. The largest absolute Gasteiger partial charge is 0.444 e. The molecular weight excluding hydrogens is 300 g/mol. The summed E-state index contributed by atoms with van der Waals surface area (Å²) in [5.74, 6) is 0.836. The van der Waals surface area contributed by atoms with Gasteiger partial charge in [0.25, 0.3) is 0 Å². The van der Waals surface area contributed by atoms with E-state index in [0.29, 0.717) is 0 Å². The summed E-state index contributed by atoms with van der Waals surface area (Å²) in [5, 5.41) is 0. The molecule has 2 fully saturated rings. The monoisotopic (exact) mass is 336 g/mol. The summed E-state index contributed by atoms with van der Waals surface area (Å²) in [4.78, 5) is 16.4. The highest BCUT2D eigenvalue weighted by molar-refractivity contribution is 5.68. The Bertz CT molecular complexity index is 425. The fraction of sp³-hybridized carbons (Fsp3) is 0.850. The van der Waals surface area contributed by atoms with E-state index >= 15 is 0 Å². The number of carbonyl (C=O) groups is 1. The zero-order valence-corrected chi connectivity index (χ0v) is 16.1. The van der Waals surface area contributed by atoms with Crippen LogP contribution in [0.25, 0.3) is 0 Å². The smallest absolute Gasteiger partial charge is 0.410 e. The Morgan fingerprint density at radius 3 is 2.29 bits per heavy atom. The van der Waals surface area contributed by atoms with E-state index in [1.807, 2.05) is 25.7 Å². The molecule has 2 aliphatic rings. The molecule has 1 amide bonds. The van der Waals surface area contributed by atoms with Gasteiger partial charge in [-0.1, -0.05) is 30.9 Å². The van der Waals surface area contributed by atoms with Crippen molar-refractivity contribution in [1.29, 1.82) is 0 Å². The number of ether oxygens (including phenoxy) is 1. The van der Waals surface area contributed by atoms with Crippen molar-refractivity contribution >= 4 is 6.09 Å². The number of rotatable bonds is 4. The second-order valence-electron chi connectivity index (χ2n) is 8.38. The Labute approximate surface area is 148 Å². The van der Waals surface area contributed by atoms with Gasteiger partial charge in [-0.2, -0.15) is 0 Å². The van der Waals surface area contributed by atoms with Gasteiger partial charge in [-0.05, 0) is 52.9 Å². The summed E-state index contributed by atoms with van der Waals surface area (Å²) in [6.45, 7) is 12.6. The van der Waals surface area contributed by atoms with Crippen LogP contribution in [0.4, 0.5) is 4.79 Å². The van der Waals surface area contributed by atoms with Crippen LogP contribution in [-0.4, -0.2) is 54.2 Å². The predicted molar refractivity (Wildman–Crippen MR) is 99.2 cm³/mol. The average Bonchev–Trinajstić information content (AvgIpc) is 2.54. The number of amides is 1. The summed E-state index contributed by atoms with van der Waals surface area (Å²) in [6.07, 6.45) is 10.4. The van der Waals surface area contributed by atoms with E-state index in [0.717, 1.165) is 45.1 Å². The molecule has 0 radical (unpaired) electrons. The minimum Gasteiger partial charge on any atom is -0.444 e. The van der Waals surface area contributed by atoms with Crippen LogP contribution >= 0.6 is 0 Å². The number of piperazine rings is 1. The normalized spacial score (nSPS) is 21.8. The molecule has 2 rings (SSSR count). The number of hydrogen-bond donors (Lipinski definition) is 0. The first-order chi connectivity index (χ1) is 11.3. The molecule has 0 atom stereocenters. The summed E-state index contributed by atoms with van der Waals surface area (Å²) in [7, 11) is 0. The van der Waals surface area contributed by atoms with Crippen molar-refractivity contribution in [3.05, 3.63) is 11.6 Å². The summed E-state index contributed by atoms with van der Waals surface area (Å²) >= 11 is 0. The number of nitrogens with zero attached hydrogens (tertiary/aromatic N) is 2. The minimum absolute atomic E-state index is 0.171. The van der Waals surface area contributed by atoms with Gasteiger partial charge >= 0.3 is 6.09 Å². The lowest BCUT2D eigenvalue weighted by molar-refractivity contribution is 0.0146. The molecule has 1 saturated heterocycles. The molecule has 0 aromatic rings. The van der Waals surface area contributed by atoms with Crippen molar-refractivity contribution < 1.29 is 9.53 Å². The lowest BCUT2D eigenvalue weighted by Crippen LogP contribution is -2.50. The highest BCUT2D eigenvalue weighted by Crippen LogP contribution is 2.29. The van der Waals surface area contributed by atoms with E-state index in [1.165, 1.54) is 32.1 Å². The van der Waals surface area contributed by atoms with Crippen LogP contribution < -0.4 is 0 Å². The molecule has 0 N–H and O–H groups in total. The van der Waals surface area contributed by atoms with E-state index in [2.05, 4.69) is 17.9 Å². The van der Waals surface area contributed by atoms with Crippen molar-refractivity contribution in [3.63, 3.8) is 0 Å². The predicted octanol–water partition coefficient (Wildman–Crippen LogP) is 4.46. The number of allylic oxidation sites excluding steroid dienone is 1. The lowest BCUT2D eigenvalue weighted by Gasteiger charge is -2.35. The SMILES string of the molecule is C/C(=C\CCN1CCN(C(=O)OC(C)(C)C)CC1)C1CCCCC1. The van der Waals surface area contributed by atoms with Gasteiger partial charge in [0.2, 0.25) is 0 Å². The molecule has 1 saturated carbocycles. The fourth-order valence-electron chi connectivity index (χ4n) is 3.68. The second-order valence-corrected chi connectivity index (χ2v) is 8.38. The van der Waals surface area contributed by atoms with E-state index in [-0.39, 0.29) is 6.09 Å². The third-order valence-corrected chi connectivity index (χ3v) is 5.18. The quantitative estimate of drug-likeness (QED) is 0.711. The van der Waals surface area contributed by atoms with Gasteiger partial charge in [-0.15, -0.1) is 0 Å². The van der Waals surface area contributed by atoms with Gasteiger partial charge < -0.3 is 9.64 Å². The lowest BCUT2D eigenvalue weighted by atomic mass is 9.84. The first-order valence-electron chi connectivity index (χ1n) is 9.72. The van der Waals surface area contributed by atoms with Gasteiger partial charge in [-0.25, -0.2) is 4.79 Å². The van der Waals surface area contributed by atoms with Crippen LogP contribution in [0.3, 0.4) is 0 Å². The molecule has 1 aliphatic carbocycles. The highest BCUT2D eigenvalue weighted by Gasteiger charge is 2.25. The minimum atomic E-state index is -0.407. The third kappa shape index (κ3) is 6.46. The van der Waals surface area contributed by atoms with Crippen LogP contribution in [0.5, 0.6) is 0 Å². The number of carbonyl (C=O) groups excluding carboxylic acids is 1. The topological polar surface area (TPSA) is 32.8 Å². The van der Waals surface area contributed by atoms with E-state index in [4.69, 9.17) is 4.74 Å². The molecule has 0 aromatic carbocycles. The standard InChI is InChI=1S/C20H36N2O2/c1-17(18-10-6-5-7-11-18)9-8-12-21-13-15-22(16-14-21)19(23)24-20(2,3)4/h9,18H,5-8,10-16H2,1-4H3/b17-9+. The molecule has 4 nitrogen and oxygen atoms in total. The van der Waals surface area contributed by atoms with Gasteiger partial charge in [0.1, 0.15) is 5.60 Å². The van der Waals surface area contributed by atoms with Crippen LogP contribution in [0.15, 0.2) is 11.6 Å². The average molecular weight is 337 g/mol. The van der Waals surface area contributed by atoms with Crippen molar-refractivity contribution in [1.82, 2.24) is 9.80 Å². The van der Waals surface area contributed by atoms with Gasteiger partial charge in [0, 0.05) is 32.7 Å². The maximum absolute atomic E-state index is 12.1. The van der Waals surface area contributed by atoms with Crippen molar-refractivity contribution in [2.75, 3.05) is 32.7 Å². The molecule has 1 aliphatic heterocycles. The maximum Gasteiger partial charge on any atom is 0.410 e. The van der Waals surface area contributed by atoms with Crippen LogP contribution in [-0.2, 0) is 4.74 Å². The van der Waals surface area contributed by atoms with Crippen LogP contribution in [0.2, 0.25) is 0 Å². The van der Waals surface area contributed by atoms with Crippen LogP contribution in [0.1, 0.15) is 66.2 Å². The van der Waals surface area contributed by atoms with Gasteiger partial charge in [-0.3, -0.25) is 4.90 Å². The van der Waals surface area contributed by atoms with Crippen molar-refractivity contribution in [3.8, 4) is 0 Å². The van der Waals surface area contributed by atoms with Gasteiger partial charge in [0.15, 0.2) is 0 Å². The zero-order valence-electron chi connectivity index (χ0n) is 16.1. The van der Waals surface area contributed by atoms with Gasteiger partial charge in [0.05, 0.1) is 0 Å². The first kappa shape index (κ1) is 19.3. The Hall–Kier alpha value is -1.03. The Kier molecular flexibility index (Phi) is 7.15. The molecule has 0 spiro atoms. The molecule has 0 bridgehead atoms. The molecule has 0 unspecified atom stereocenters. The Morgan fingerprint density at radius 2 is 1.71 bits per heavy atom. The van der Waals surface area contributed by atoms with Crippen LogP contribution in [0, 0.1) is 5.92 Å². The fourth-order valence-corrected chi connectivity index (χ4v) is 3.68. The second kappa shape index (κ2) is 8.89. The molecule has 138 valence electrons. The molecule has 4 heteroatoms. The maximum atomic E-state index is 12.1. The van der Waals surface area contributed by atoms with E-state index in [1.54, 1.807) is 5.57 Å². The molecular formula is C20H36N2O2.